The predicted molar refractivity (Wildman–Crippen MR) is 50.1 cm³/mol. The zero-order valence-electron chi connectivity index (χ0n) is 8.19. The lowest BCUT2D eigenvalue weighted by Gasteiger charge is -2.23. The van der Waals surface area contributed by atoms with E-state index in [4.69, 9.17) is 9.79 Å². The van der Waals surface area contributed by atoms with Crippen molar-refractivity contribution >= 4 is 7.60 Å². The molecule has 0 saturated carbocycles. The van der Waals surface area contributed by atoms with Crippen molar-refractivity contribution in [1.82, 2.24) is 0 Å². The van der Waals surface area contributed by atoms with Crippen LogP contribution in [0.25, 0.3) is 0 Å². The minimum atomic E-state index is -3.89. The predicted octanol–water partition coefficient (Wildman–Crippen LogP) is 2.23. The summed E-state index contributed by atoms with van der Waals surface area (Å²) in [6.45, 7) is 7.66. The molecule has 3 nitrogen and oxygen atoms in total. The Morgan fingerprint density at radius 3 is 1.67 bits per heavy atom. The van der Waals surface area contributed by atoms with Crippen molar-refractivity contribution in [2.24, 2.45) is 11.8 Å². The number of hydrogen-bond donors (Lipinski definition) is 2. The summed E-state index contributed by atoms with van der Waals surface area (Å²) in [5.41, 5.74) is -0.475. The Bertz CT molecular complexity index is 171. The maximum Gasteiger partial charge on any atom is 0.328 e. The van der Waals surface area contributed by atoms with E-state index in [2.05, 4.69) is 0 Å². The quantitative estimate of drug-likeness (QED) is 0.675. The van der Waals surface area contributed by atoms with Gasteiger partial charge in [0.15, 0.2) is 0 Å². The molecule has 74 valence electrons. The van der Waals surface area contributed by atoms with Crippen molar-refractivity contribution < 1.29 is 14.4 Å². The molecule has 0 aliphatic heterocycles. The Morgan fingerprint density at radius 1 is 1.17 bits per heavy atom. The smallest absolute Gasteiger partial charge is 0.324 e. The van der Waals surface area contributed by atoms with Crippen molar-refractivity contribution in [2.75, 3.05) is 0 Å². The molecule has 0 aromatic heterocycles. The summed E-state index contributed by atoms with van der Waals surface area (Å²) in [5, 5.41) is 0. The van der Waals surface area contributed by atoms with E-state index in [1.807, 2.05) is 27.7 Å². The molecular formula is C8H19O3P. The summed E-state index contributed by atoms with van der Waals surface area (Å²) in [6.07, 6.45) is 0.599. The van der Waals surface area contributed by atoms with Crippen LogP contribution in [0, 0.1) is 11.8 Å². The fourth-order valence-electron chi connectivity index (χ4n) is 1.28. The fraction of sp³-hybridized carbons (Fsp3) is 1.00. The van der Waals surface area contributed by atoms with Crippen LogP contribution in [0.3, 0.4) is 0 Å². The minimum Gasteiger partial charge on any atom is -0.324 e. The normalized spacial score (nSPS) is 15.7. The molecule has 2 N–H and O–H groups in total. The molecule has 0 bridgehead atoms. The monoisotopic (exact) mass is 194 g/mol. The summed E-state index contributed by atoms with van der Waals surface area (Å²) in [5.74, 6) is 0.387. The fourth-order valence-corrected chi connectivity index (χ4v) is 2.75. The molecule has 0 saturated heterocycles. The second-order valence-corrected chi connectivity index (χ2v) is 5.87. The van der Waals surface area contributed by atoms with Crippen LogP contribution in [-0.4, -0.2) is 15.4 Å². The zero-order chi connectivity index (χ0) is 9.94. The van der Waals surface area contributed by atoms with Gasteiger partial charge in [0.05, 0.1) is 5.66 Å². The Labute approximate surface area is 74.3 Å². The van der Waals surface area contributed by atoms with Crippen LogP contribution in [0.2, 0.25) is 0 Å². The van der Waals surface area contributed by atoms with E-state index in [-0.39, 0.29) is 5.92 Å². The first kappa shape index (κ1) is 12.2. The largest absolute Gasteiger partial charge is 0.328 e. The van der Waals surface area contributed by atoms with Crippen molar-refractivity contribution in [1.29, 1.82) is 0 Å². The summed E-state index contributed by atoms with van der Waals surface area (Å²) in [7, 11) is -3.89. The molecule has 0 aromatic carbocycles. The molecule has 1 atom stereocenters. The molecule has 0 aromatic rings. The van der Waals surface area contributed by atoms with Crippen LogP contribution in [0.5, 0.6) is 0 Å². The first-order valence-corrected chi connectivity index (χ1v) is 5.98. The van der Waals surface area contributed by atoms with Gasteiger partial charge in [-0.2, -0.15) is 0 Å². The third kappa shape index (κ3) is 4.24. The molecule has 0 spiro atoms. The molecule has 0 radical (unpaired) electrons. The van der Waals surface area contributed by atoms with E-state index in [1.165, 1.54) is 0 Å². The van der Waals surface area contributed by atoms with Gasteiger partial charge < -0.3 is 9.79 Å². The highest BCUT2D eigenvalue weighted by molar-refractivity contribution is 7.52. The minimum absolute atomic E-state index is 0.0493. The molecule has 0 amide bonds. The molecule has 0 aliphatic carbocycles. The summed E-state index contributed by atoms with van der Waals surface area (Å²) in [6, 6.07) is 0. The van der Waals surface area contributed by atoms with Gasteiger partial charge in [0, 0.05) is 0 Å². The highest BCUT2D eigenvalue weighted by Crippen LogP contribution is 2.47. The van der Waals surface area contributed by atoms with Gasteiger partial charge in [-0.15, -0.1) is 0 Å². The topological polar surface area (TPSA) is 57.5 Å². The third-order valence-corrected chi connectivity index (χ3v) is 3.59. The van der Waals surface area contributed by atoms with Crippen molar-refractivity contribution in [3.05, 3.63) is 0 Å². The highest BCUT2D eigenvalue weighted by atomic mass is 31.2. The third-order valence-electron chi connectivity index (χ3n) is 1.91. The standard InChI is InChI=1S/C8H19O3P/c1-6(2)5-8(7(3)4)12(9,10)11/h6-8H,5H2,1-4H3,(H2,9,10,11). The van der Waals surface area contributed by atoms with Crippen molar-refractivity contribution in [3.63, 3.8) is 0 Å². The second-order valence-electron chi connectivity index (χ2n) is 4.03. The highest BCUT2D eigenvalue weighted by Gasteiger charge is 2.31. The molecule has 0 heterocycles. The average Bonchev–Trinajstić information content (AvgIpc) is 1.79. The molecule has 12 heavy (non-hydrogen) atoms. The Kier molecular flexibility index (Phi) is 4.46. The Hall–Kier alpha value is 0.150. The maximum atomic E-state index is 11.0. The van der Waals surface area contributed by atoms with Crippen molar-refractivity contribution in [3.8, 4) is 0 Å². The van der Waals surface area contributed by atoms with E-state index in [0.717, 1.165) is 0 Å². The first-order valence-electron chi connectivity index (χ1n) is 4.30. The van der Waals surface area contributed by atoms with Crippen molar-refractivity contribution in [2.45, 2.75) is 39.8 Å². The van der Waals surface area contributed by atoms with E-state index in [1.54, 1.807) is 0 Å². The summed E-state index contributed by atoms with van der Waals surface area (Å²) in [4.78, 5) is 18.0. The zero-order valence-corrected chi connectivity index (χ0v) is 9.08. The summed E-state index contributed by atoms with van der Waals surface area (Å²) >= 11 is 0. The molecule has 0 aliphatic rings. The van der Waals surface area contributed by atoms with Crippen LogP contribution >= 0.6 is 7.60 Å². The molecule has 1 unspecified atom stereocenters. The molecule has 0 fully saturated rings. The number of rotatable bonds is 4. The van der Waals surface area contributed by atoms with E-state index in [0.29, 0.717) is 12.3 Å². The maximum absolute atomic E-state index is 11.0. The SMILES string of the molecule is CC(C)CC(C(C)C)P(=O)(O)O. The second kappa shape index (κ2) is 4.40. The average molecular weight is 194 g/mol. The van der Waals surface area contributed by atoms with E-state index >= 15 is 0 Å². The van der Waals surface area contributed by atoms with Gasteiger partial charge in [-0.25, -0.2) is 0 Å². The van der Waals surface area contributed by atoms with Gasteiger partial charge in [-0.1, -0.05) is 27.7 Å². The lowest BCUT2D eigenvalue weighted by molar-refractivity contribution is 0.326. The Morgan fingerprint density at radius 2 is 1.58 bits per heavy atom. The van der Waals surface area contributed by atoms with Crippen LogP contribution in [0.4, 0.5) is 0 Å². The van der Waals surface area contributed by atoms with E-state index < -0.39 is 13.3 Å². The van der Waals surface area contributed by atoms with Gasteiger partial charge in [-0.3, -0.25) is 4.57 Å². The van der Waals surface area contributed by atoms with Gasteiger partial charge in [-0.05, 0) is 18.3 Å². The van der Waals surface area contributed by atoms with Gasteiger partial charge in [0.25, 0.3) is 0 Å². The van der Waals surface area contributed by atoms with Crippen LogP contribution in [-0.2, 0) is 4.57 Å². The molecule has 0 rings (SSSR count). The van der Waals surface area contributed by atoms with Gasteiger partial charge >= 0.3 is 7.60 Å². The molecule has 4 heteroatoms. The first-order chi connectivity index (χ1) is 5.25. The van der Waals surface area contributed by atoms with Gasteiger partial charge in [0.1, 0.15) is 0 Å². The van der Waals surface area contributed by atoms with Crippen LogP contribution < -0.4 is 0 Å². The van der Waals surface area contributed by atoms with Crippen LogP contribution in [0.15, 0.2) is 0 Å². The van der Waals surface area contributed by atoms with E-state index in [9.17, 15) is 4.57 Å². The van der Waals surface area contributed by atoms with Crippen LogP contribution in [0.1, 0.15) is 34.1 Å². The summed E-state index contributed by atoms with van der Waals surface area (Å²) < 4.78 is 11.0. The lowest BCUT2D eigenvalue weighted by Crippen LogP contribution is -2.18. The lowest BCUT2D eigenvalue weighted by atomic mass is 10.0. The molecular weight excluding hydrogens is 175 g/mol. The van der Waals surface area contributed by atoms with Gasteiger partial charge in [0.2, 0.25) is 0 Å². The number of hydrogen-bond acceptors (Lipinski definition) is 1. The Balaban J connectivity index is 4.36.